The zero-order valence-electron chi connectivity index (χ0n) is 10.9. The third-order valence-electron chi connectivity index (χ3n) is 3.51. The number of hydrogen-bond acceptors (Lipinski definition) is 2. The molecule has 1 aliphatic heterocycles. The lowest BCUT2D eigenvalue weighted by atomic mass is 9.97. The zero-order chi connectivity index (χ0) is 14.3. The SMILES string of the molecule is Cc1c(Br)cccc1C(=O)c1cc(Cl)cc2c1OCC2. The molecule has 20 heavy (non-hydrogen) atoms. The fourth-order valence-corrected chi connectivity index (χ4v) is 3.04. The van der Waals surface area contributed by atoms with Crippen LogP contribution in [-0.2, 0) is 6.42 Å². The van der Waals surface area contributed by atoms with E-state index in [4.69, 9.17) is 16.3 Å². The first kappa shape index (κ1) is 13.7. The molecule has 102 valence electrons. The Labute approximate surface area is 130 Å². The summed E-state index contributed by atoms with van der Waals surface area (Å²) in [4.78, 5) is 12.8. The van der Waals surface area contributed by atoms with Crippen molar-refractivity contribution >= 4 is 33.3 Å². The molecule has 2 aromatic rings. The largest absolute Gasteiger partial charge is 0.492 e. The number of rotatable bonds is 2. The second-order valence-corrected chi connectivity index (χ2v) is 6.07. The minimum atomic E-state index is -0.0514. The molecule has 0 spiro atoms. The van der Waals surface area contributed by atoms with E-state index in [1.54, 1.807) is 6.07 Å². The van der Waals surface area contributed by atoms with Crippen molar-refractivity contribution < 1.29 is 9.53 Å². The van der Waals surface area contributed by atoms with Crippen molar-refractivity contribution in [1.29, 1.82) is 0 Å². The van der Waals surface area contributed by atoms with E-state index in [2.05, 4.69) is 15.9 Å². The van der Waals surface area contributed by atoms with Gasteiger partial charge in [-0.05, 0) is 36.2 Å². The summed E-state index contributed by atoms with van der Waals surface area (Å²) in [5.41, 5.74) is 3.14. The highest BCUT2D eigenvalue weighted by atomic mass is 79.9. The topological polar surface area (TPSA) is 26.3 Å². The van der Waals surface area contributed by atoms with Crippen LogP contribution >= 0.6 is 27.5 Å². The first-order chi connectivity index (χ1) is 9.58. The van der Waals surface area contributed by atoms with E-state index < -0.39 is 0 Å². The predicted octanol–water partition coefficient (Wildman–Crippen LogP) is 4.58. The quantitative estimate of drug-likeness (QED) is 0.741. The average Bonchev–Trinajstić information content (AvgIpc) is 2.88. The van der Waals surface area contributed by atoms with E-state index in [1.165, 1.54) is 0 Å². The Hall–Kier alpha value is -1.32. The molecular weight excluding hydrogens is 340 g/mol. The van der Waals surface area contributed by atoms with Crippen LogP contribution < -0.4 is 4.74 Å². The van der Waals surface area contributed by atoms with E-state index in [-0.39, 0.29) is 5.78 Å². The Morgan fingerprint density at radius 2 is 2.10 bits per heavy atom. The smallest absolute Gasteiger partial charge is 0.197 e. The number of carbonyl (C=O) groups excluding carboxylic acids is 1. The van der Waals surface area contributed by atoms with Crippen molar-refractivity contribution in [3.8, 4) is 5.75 Å². The summed E-state index contributed by atoms with van der Waals surface area (Å²) in [6.07, 6.45) is 0.799. The molecule has 0 amide bonds. The van der Waals surface area contributed by atoms with Crippen LogP contribution in [0.25, 0.3) is 0 Å². The van der Waals surface area contributed by atoms with E-state index in [0.29, 0.717) is 28.5 Å². The van der Waals surface area contributed by atoms with Gasteiger partial charge in [0.2, 0.25) is 0 Å². The van der Waals surface area contributed by atoms with Gasteiger partial charge in [0, 0.05) is 21.5 Å². The van der Waals surface area contributed by atoms with Crippen molar-refractivity contribution in [3.63, 3.8) is 0 Å². The first-order valence-corrected chi connectivity index (χ1v) is 7.50. The van der Waals surface area contributed by atoms with Crippen molar-refractivity contribution in [1.82, 2.24) is 0 Å². The molecule has 4 heteroatoms. The number of fused-ring (bicyclic) bond motifs is 1. The summed E-state index contributed by atoms with van der Waals surface area (Å²) in [6, 6.07) is 9.16. The van der Waals surface area contributed by atoms with Crippen molar-refractivity contribution in [3.05, 3.63) is 62.1 Å². The third-order valence-corrected chi connectivity index (χ3v) is 4.58. The van der Waals surface area contributed by atoms with Crippen molar-refractivity contribution in [2.75, 3.05) is 6.61 Å². The van der Waals surface area contributed by atoms with Gasteiger partial charge in [0.1, 0.15) is 5.75 Å². The fraction of sp³-hybridized carbons (Fsp3) is 0.188. The Morgan fingerprint density at radius 3 is 2.90 bits per heavy atom. The summed E-state index contributed by atoms with van der Waals surface area (Å²) >= 11 is 9.57. The molecule has 0 unspecified atom stereocenters. The van der Waals surface area contributed by atoms with Crippen molar-refractivity contribution in [2.45, 2.75) is 13.3 Å². The Morgan fingerprint density at radius 1 is 1.30 bits per heavy atom. The number of hydrogen-bond donors (Lipinski definition) is 0. The predicted molar refractivity (Wildman–Crippen MR) is 83.0 cm³/mol. The second kappa shape index (κ2) is 5.23. The lowest BCUT2D eigenvalue weighted by Crippen LogP contribution is -2.06. The number of carbonyl (C=O) groups is 1. The highest BCUT2D eigenvalue weighted by molar-refractivity contribution is 9.10. The highest BCUT2D eigenvalue weighted by Crippen LogP contribution is 2.35. The molecule has 0 fully saturated rings. The van der Waals surface area contributed by atoms with Crippen LogP contribution in [0.1, 0.15) is 27.0 Å². The maximum Gasteiger partial charge on any atom is 0.197 e. The zero-order valence-corrected chi connectivity index (χ0v) is 13.2. The number of halogens is 2. The lowest BCUT2D eigenvalue weighted by Gasteiger charge is -2.10. The van der Waals surface area contributed by atoms with Crippen LogP contribution in [0.5, 0.6) is 5.75 Å². The Balaban J connectivity index is 2.14. The van der Waals surface area contributed by atoms with E-state index in [1.807, 2.05) is 31.2 Å². The van der Waals surface area contributed by atoms with Gasteiger partial charge in [0.15, 0.2) is 5.78 Å². The molecule has 0 N–H and O–H groups in total. The van der Waals surface area contributed by atoms with Gasteiger partial charge in [0.05, 0.1) is 12.2 Å². The monoisotopic (exact) mass is 350 g/mol. The summed E-state index contributed by atoms with van der Waals surface area (Å²) in [7, 11) is 0. The van der Waals surface area contributed by atoms with Crippen molar-refractivity contribution in [2.24, 2.45) is 0 Å². The van der Waals surface area contributed by atoms with E-state index in [9.17, 15) is 4.79 Å². The lowest BCUT2D eigenvalue weighted by molar-refractivity contribution is 0.103. The number of ether oxygens (including phenoxy) is 1. The minimum Gasteiger partial charge on any atom is -0.492 e. The molecule has 0 aliphatic carbocycles. The molecule has 0 bridgehead atoms. The van der Waals surface area contributed by atoms with Crippen LogP contribution in [0.3, 0.4) is 0 Å². The molecule has 1 aliphatic rings. The summed E-state index contributed by atoms with van der Waals surface area (Å²) in [5.74, 6) is 0.628. The third kappa shape index (κ3) is 2.25. The van der Waals surface area contributed by atoms with Gasteiger partial charge >= 0.3 is 0 Å². The van der Waals surface area contributed by atoms with Gasteiger partial charge in [-0.1, -0.05) is 39.7 Å². The molecule has 0 aromatic heterocycles. The molecule has 2 nitrogen and oxygen atoms in total. The van der Waals surface area contributed by atoms with Gasteiger partial charge in [0.25, 0.3) is 0 Å². The van der Waals surface area contributed by atoms with Crippen LogP contribution in [0.15, 0.2) is 34.8 Å². The molecule has 0 saturated carbocycles. The summed E-state index contributed by atoms with van der Waals surface area (Å²) in [6.45, 7) is 2.52. The van der Waals surface area contributed by atoms with Gasteiger partial charge < -0.3 is 4.74 Å². The van der Waals surface area contributed by atoms with Gasteiger partial charge in [-0.2, -0.15) is 0 Å². The molecule has 3 rings (SSSR count). The molecule has 0 atom stereocenters. The van der Waals surface area contributed by atoms with E-state index >= 15 is 0 Å². The average molecular weight is 352 g/mol. The maximum atomic E-state index is 12.8. The van der Waals surface area contributed by atoms with Gasteiger partial charge in [-0.25, -0.2) is 0 Å². The highest BCUT2D eigenvalue weighted by Gasteiger charge is 2.24. The number of ketones is 1. The molecule has 0 radical (unpaired) electrons. The molecule has 1 heterocycles. The van der Waals surface area contributed by atoms with Crippen LogP contribution in [-0.4, -0.2) is 12.4 Å². The Kier molecular flexibility index (Phi) is 3.57. The van der Waals surface area contributed by atoms with Crippen LogP contribution in [0.4, 0.5) is 0 Å². The Bertz CT molecular complexity index is 710. The van der Waals surface area contributed by atoms with E-state index in [0.717, 1.165) is 22.0 Å². The molecule has 2 aromatic carbocycles. The normalized spacial score (nSPS) is 12.9. The van der Waals surface area contributed by atoms with Crippen LogP contribution in [0.2, 0.25) is 5.02 Å². The molecule has 0 saturated heterocycles. The maximum absolute atomic E-state index is 12.8. The number of benzene rings is 2. The van der Waals surface area contributed by atoms with Gasteiger partial charge in [-0.3, -0.25) is 4.79 Å². The second-order valence-electron chi connectivity index (χ2n) is 4.78. The summed E-state index contributed by atoms with van der Waals surface area (Å²) in [5, 5.41) is 0.574. The van der Waals surface area contributed by atoms with Gasteiger partial charge in [-0.15, -0.1) is 0 Å². The standard InChI is InChI=1S/C16H12BrClO2/c1-9-12(3-2-4-14(9)17)15(19)13-8-11(18)7-10-5-6-20-16(10)13/h2-4,7-8H,5-6H2,1H3. The minimum absolute atomic E-state index is 0.0514. The molecular formula is C16H12BrClO2. The fourth-order valence-electron chi connectivity index (χ4n) is 2.44. The summed E-state index contributed by atoms with van der Waals surface area (Å²) < 4.78 is 6.53. The first-order valence-electron chi connectivity index (χ1n) is 6.33. The van der Waals surface area contributed by atoms with Crippen LogP contribution in [0, 0.1) is 6.92 Å².